The van der Waals surface area contributed by atoms with E-state index in [0.717, 1.165) is 23.5 Å². The Morgan fingerprint density at radius 2 is 2.24 bits per heavy atom. The normalized spacial score (nSPS) is 11.9. The fourth-order valence-electron chi connectivity index (χ4n) is 1.64. The van der Waals surface area contributed by atoms with Gasteiger partial charge in [-0.1, -0.05) is 0 Å². The maximum Gasteiger partial charge on any atom is 0.0992 e. The van der Waals surface area contributed by atoms with E-state index in [0.29, 0.717) is 11.6 Å². The number of anilines is 2. The summed E-state index contributed by atoms with van der Waals surface area (Å²) in [5.41, 5.74) is 8.27. The van der Waals surface area contributed by atoms with Crippen LogP contribution in [0, 0.1) is 11.3 Å². The van der Waals surface area contributed by atoms with Gasteiger partial charge in [-0.15, -0.1) is 0 Å². The van der Waals surface area contributed by atoms with Crippen LogP contribution in [0.4, 0.5) is 11.4 Å². The third-order valence-electron chi connectivity index (χ3n) is 2.94. The largest absolute Gasteiger partial charge is 0.397 e. The second-order valence-corrected chi connectivity index (χ2v) is 5.11. The first-order valence-corrected chi connectivity index (χ1v) is 7.01. The van der Waals surface area contributed by atoms with E-state index in [1.54, 1.807) is 12.1 Å². The Morgan fingerprint density at radius 3 is 2.82 bits per heavy atom. The van der Waals surface area contributed by atoms with Gasteiger partial charge in [0.2, 0.25) is 0 Å². The van der Waals surface area contributed by atoms with Crippen LogP contribution >= 0.6 is 11.8 Å². The Balaban J connectivity index is 2.87. The molecule has 1 aromatic rings. The molecular weight excluding hydrogens is 230 g/mol. The Bertz CT molecular complexity index is 412. The van der Waals surface area contributed by atoms with Crippen molar-refractivity contribution in [3.05, 3.63) is 23.8 Å². The SMILES string of the molecule is CSCCC(C)N(C)c1cc(C#N)ccc1N. The lowest BCUT2D eigenvalue weighted by Crippen LogP contribution is -2.30. The van der Waals surface area contributed by atoms with Crippen LogP contribution in [-0.4, -0.2) is 25.1 Å². The molecule has 1 rings (SSSR count). The highest BCUT2D eigenvalue weighted by Gasteiger charge is 2.12. The van der Waals surface area contributed by atoms with E-state index < -0.39 is 0 Å². The van der Waals surface area contributed by atoms with Gasteiger partial charge in [0, 0.05) is 13.1 Å². The van der Waals surface area contributed by atoms with E-state index in [4.69, 9.17) is 11.0 Å². The van der Waals surface area contributed by atoms with Crippen molar-refractivity contribution >= 4 is 23.1 Å². The molecule has 3 nitrogen and oxygen atoms in total. The molecule has 1 aromatic carbocycles. The molecule has 2 N–H and O–H groups in total. The molecule has 0 radical (unpaired) electrons. The van der Waals surface area contributed by atoms with Crippen LogP contribution < -0.4 is 10.6 Å². The third-order valence-corrected chi connectivity index (χ3v) is 3.58. The molecule has 0 spiro atoms. The van der Waals surface area contributed by atoms with E-state index in [9.17, 15) is 0 Å². The van der Waals surface area contributed by atoms with Gasteiger partial charge in [0.15, 0.2) is 0 Å². The number of nitrogens with zero attached hydrogens (tertiary/aromatic N) is 2. The van der Waals surface area contributed by atoms with Crippen molar-refractivity contribution in [2.24, 2.45) is 0 Å². The van der Waals surface area contributed by atoms with Crippen molar-refractivity contribution in [1.82, 2.24) is 0 Å². The van der Waals surface area contributed by atoms with Crippen LogP contribution in [0.1, 0.15) is 18.9 Å². The van der Waals surface area contributed by atoms with Crippen LogP contribution in [0.3, 0.4) is 0 Å². The van der Waals surface area contributed by atoms with Gasteiger partial charge in [0.1, 0.15) is 0 Å². The van der Waals surface area contributed by atoms with Gasteiger partial charge in [-0.2, -0.15) is 17.0 Å². The second kappa shape index (κ2) is 6.41. The smallest absolute Gasteiger partial charge is 0.0992 e. The summed E-state index contributed by atoms with van der Waals surface area (Å²) in [7, 11) is 2.03. The molecule has 0 saturated heterocycles. The van der Waals surface area contributed by atoms with Gasteiger partial charge in [-0.3, -0.25) is 0 Å². The molecule has 0 amide bonds. The standard InChI is InChI=1S/C13H19N3S/c1-10(6-7-17-3)16(2)13-8-11(9-14)4-5-12(13)15/h4-5,8,10H,6-7,15H2,1-3H3. The highest BCUT2D eigenvalue weighted by molar-refractivity contribution is 7.98. The molecule has 0 saturated carbocycles. The summed E-state index contributed by atoms with van der Waals surface area (Å²) in [6.45, 7) is 2.18. The second-order valence-electron chi connectivity index (χ2n) is 4.13. The van der Waals surface area contributed by atoms with Crippen LogP contribution in [0.25, 0.3) is 0 Å². The minimum Gasteiger partial charge on any atom is -0.397 e. The molecule has 0 aromatic heterocycles. The van der Waals surface area contributed by atoms with Crippen molar-refractivity contribution in [1.29, 1.82) is 5.26 Å². The number of hydrogen-bond donors (Lipinski definition) is 1. The Labute approximate surface area is 108 Å². The maximum atomic E-state index is 8.90. The fraction of sp³-hybridized carbons (Fsp3) is 0.462. The van der Waals surface area contributed by atoms with Gasteiger partial charge >= 0.3 is 0 Å². The molecule has 0 bridgehead atoms. The molecule has 92 valence electrons. The van der Waals surface area contributed by atoms with Crippen molar-refractivity contribution in [2.75, 3.05) is 29.7 Å². The molecule has 17 heavy (non-hydrogen) atoms. The fourth-order valence-corrected chi connectivity index (χ4v) is 2.21. The number of nitrogens with two attached hydrogens (primary N) is 1. The number of rotatable bonds is 5. The van der Waals surface area contributed by atoms with Crippen LogP contribution in [-0.2, 0) is 0 Å². The quantitative estimate of drug-likeness (QED) is 0.815. The van der Waals surface area contributed by atoms with Gasteiger partial charge in [-0.25, -0.2) is 0 Å². The summed E-state index contributed by atoms with van der Waals surface area (Å²) in [5.74, 6) is 1.13. The number of nitriles is 1. The number of hydrogen-bond acceptors (Lipinski definition) is 4. The van der Waals surface area contributed by atoms with Crippen molar-refractivity contribution in [3.63, 3.8) is 0 Å². The zero-order chi connectivity index (χ0) is 12.8. The average Bonchev–Trinajstić information content (AvgIpc) is 2.35. The molecular formula is C13H19N3S. The van der Waals surface area contributed by atoms with E-state index in [1.807, 2.05) is 24.9 Å². The number of thioether (sulfide) groups is 1. The lowest BCUT2D eigenvalue weighted by Gasteiger charge is -2.28. The minimum absolute atomic E-state index is 0.415. The Hall–Kier alpha value is -1.34. The maximum absolute atomic E-state index is 8.90. The van der Waals surface area contributed by atoms with Crippen LogP contribution in [0.15, 0.2) is 18.2 Å². The van der Waals surface area contributed by atoms with Crippen molar-refractivity contribution in [3.8, 4) is 6.07 Å². The number of nitrogen functional groups attached to an aromatic ring is 1. The lowest BCUT2D eigenvalue weighted by atomic mass is 10.1. The van der Waals surface area contributed by atoms with E-state index in [-0.39, 0.29) is 0 Å². The summed E-state index contributed by atoms with van der Waals surface area (Å²) < 4.78 is 0. The molecule has 0 heterocycles. The zero-order valence-corrected chi connectivity index (χ0v) is 11.4. The van der Waals surface area contributed by atoms with E-state index in [2.05, 4.69) is 24.1 Å². The van der Waals surface area contributed by atoms with Gasteiger partial charge in [0.25, 0.3) is 0 Å². The first-order chi connectivity index (χ1) is 8.10. The predicted octanol–water partition coefficient (Wildman–Crippen LogP) is 2.72. The molecule has 4 heteroatoms. The first kappa shape index (κ1) is 13.7. The molecule has 1 unspecified atom stereocenters. The summed E-state index contributed by atoms with van der Waals surface area (Å²) >= 11 is 1.84. The van der Waals surface area contributed by atoms with Crippen LogP contribution in [0.2, 0.25) is 0 Å². The third kappa shape index (κ3) is 3.57. The van der Waals surface area contributed by atoms with E-state index >= 15 is 0 Å². The summed E-state index contributed by atoms with van der Waals surface area (Å²) in [5, 5.41) is 8.90. The Morgan fingerprint density at radius 1 is 1.53 bits per heavy atom. The average molecular weight is 249 g/mol. The predicted molar refractivity (Wildman–Crippen MR) is 76.4 cm³/mol. The molecule has 0 aliphatic rings. The van der Waals surface area contributed by atoms with E-state index in [1.165, 1.54) is 0 Å². The molecule has 0 aliphatic heterocycles. The van der Waals surface area contributed by atoms with Gasteiger partial charge in [0.05, 0.1) is 23.0 Å². The summed E-state index contributed by atoms with van der Waals surface area (Å²) in [6, 6.07) is 7.96. The lowest BCUT2D eigenvalue weighted by molar-refractivity contribution is 0.670. The highest BCUT2D eigenvalue weighted by atomic mass is 32.2. The van der Waals surface area contributed by atoms with Crippen LogP contribution in [0.5, 0.6) is 0 Å². The number of benzene rings is 1. The monoisotopic (exact) mass is 249 g/mol. The van der Waals surface area contributed by atoms with Gasteiger partial charge in [-0.05, 0) is 43.6 Å². The van der Waals surface area contributed by atoms with Gasteiger partial charge < -0.3 is 10.6 Å². The molecule has 1 atom stereocenters. The molecule has 0 aliphatic carbocycles. The highest BCUT2D eigenvalue weighted by Crippen LogP contribution is 2.26. The Kier molecular flexibility index (Phi) is 5.17. The van der Waals surface area contributed by atoms with Crippen molar-refractivity contribution < 1.29 is 0 Å². The first-order valence-electron chi connectivity index (χ1n) is 5.61. The topological polar surface area (TPSA) is 53.0 Å². The summed E-state index contributed by atoms with van der Waals surface area (Å²) in [6.07, 6.45) is 3.21. The molecule has 0 fully saturated rings. The summed E-state index contributed by atoms with van der Waals surface area (Å²) in [4.78, 5) is 2.15. The zero-order valence-electron chi connectivity index (χ0n) is 10.6. The minimum atomic E-state index is 0.415. The van der Waals surface area contributed by atoms with Crippen molar-refractivity contribution in [2.45, 2.75) is 19.4 Å².